The normalized spacial score (nSPS) is 13.1. The van der Waals surface area contributed by atoms with E-state index in [9.17, 15) is 0 Å². The first kappa shape index (κ1) is 12.2. The topological polar surface area (TPSA) is 38.0 Å². The van der Waals surface area contributed by atoms with E-state index < -0.39 is 0 Å². The lowest BCUT2D eigenvalue weighted by molar-refractivity contribution is 0.436. The molecular formula is C13H22N2. The Hall–Kier alpha value is -0.860. The lowest BCUT2D eigenvalue weighted by Gasteiger charge is -2.21. The van der Waals surface area contributed by atoms with Crippen LogP contribution in [0.4, 0.5) is 0 Å². The van der Waals surface area contributed by atoms with Gasteiger partial charge < -0.3 is 0 Å². The molecule has 0 amide bonds. The molecule has 1 rings (SSSR count). The number of hydrogen-bond donors (Lipinski definition) is 2. The van der Waals surface area contributed by atoms with E-state index >= 15 is 0 Å². The van der Waals surface area contributed by atoms with Crippen molar-refractivity contribution in [3.63, 3.8) is 0 Å². The van der Waals surface area contributed by atoms with E-state index in [-0.39, 0.29) is 6.04 Å². The quantitative estimate of drug-likeness (QED) is 0.574. The van der Waals surface area contributed by atoms with Crippen molar-refractivity contribution in [2.24, 2.45) is 11.8 Å². The molecule has 0 aliphatic rings. The van der Waals surface area contributed by atoms with Crippen LogP contribution in [-0.4, -0.2) is 0 Å². The van der Waals surface area contributed by atoms with Crippen LogP contribution in [0.2, 0.25) is 0 Å². The van der Waals surface area contributed by atoms with Crippen LogP contribution < -0.4 is 11.3 Å². The molecule has 0 aliphatic carbocycles. The van der Waals surface area contributed by atoms with E-state index in [4.69, 9.17) is 5.84 Å². The van der Waals surface area contributed by atoms with Crippen molar-refractivity contribution in [2.75, 3.05) is 0 Å². The third-order valence-electron chi connectivity index (χ3n) is 2.72. The maximum atomic E-state index is 5.63. The lowest BCUT2D eigenvalue weighted by Crippen LogP contribution is -2.29. The summed E-state index contributed by atoms with van der Waals surface area (Å²) in [6, 6.07) is 8.80. The van der Waals surface area contributed by atoms with Gasteiger partial charge in [0.2, 0.25) is 0 Å². The number of aryl methyl sites for hydroxylation is 1. The summed E-state index contributed by atoms with van der Waals surface area (Å²) < 4.78 is 0. The number of benzene rings is 1. The molecule has 0 heterocycles. The lowest BCUT2D eigenvalue weighted by atomic mass is 9.93. The summed E-state index contributed by atoms with van der Waals surface area (Å²) in [5.74, 6) is 6.28. The van der Waals surface area contributed by atoms with Gasteiger partial charge in [0, 0.05) is 6.04 Å². The van der Waals surface area contributed by atoms with Gasteiger partial charge in [0.15, 0.2) is 0 Å². The molecule has 1 aromatic carbocycles. The summed E-state index contributed by atoms with van der Waals surface area (Å²) in [6.45, 7) is 6.62. The highest BCUT2D eigenvalue weighted by atomic mass is 15.2. The Morgan fingerprint density at radius 3 is 2.47 bits per heavy atom. The summed E-state index contributed by atoms with van der Waals surface area (Å²) >= 11 is 0. The smallest absolute Gasteiger partial charge is 0.0465 e. The Labute approximate surface area is 92.8 Å². The summed E-state index contributed by atoms with van der Waals surface area (Å²) in [6.07, 6.45) is 2.14. The molecule has 1 unspecified atom stereocenters. The molecule has 0 saturated carbocycles. The average Bonchev–Trinajstić information content (AvgIpc) is 2.25. The number of hydrogen-bond acceptors (Lipinski definition) is 2. The molecule has 0 saturated heterocycles. The molecule has 1 aromatic rings. The number of nitrogens with one attached hydrogen (secondary N) is 1. The summed E-state index contributed by atoms with van der Waals surface area (Å²) in [5, 5.41) is 0. The monoisotopic (exact) mass is 206 g/mol. The minimum absolute atomic E-state index is 0.279. The third kappa shape index (κ3) is 3.33. The van der Waals surface area contributed by atoms with Gasteiger partial charge in [-0.2, -0.15) is 0 Å². The molecule has 0 fully saturated rings. The first-order valence-corrected chi connectivity index (χ1v) is 5.73. The van der Waals surface area contributed by atoms with Gasteiger partial charge in [-0.1, -0.05) is 45.0 Å². The van der Waals surface area contributed by atoms with Crippen LogP contribution in [0.1, 0.15) is 44.4 Å². The second kappa shape index (κ2) is 5.89. The van der Waals surface area contributed by atoms with E-state index in [1.807, 2.05) is 0 Å². The van der Waals surface area contributed by atoms with Gasteiger partial charge in [-0.15, -0.1) is 0 Å². The van der Waals surface area contributed by atoms with Crippen LogP contribution >= 0.6 is 0 Å². The number of hydrazine groups is 1. The van der Waals surface area contributed by atoms with Gasteiger partial charge in [-0.25, -0.2) is 0 Å². The Morgan fingerprint density at radius 2 is 1.93 bits per heavy atom. The molecule has 0 radical (unpaired) electrons. The maximum Gasteiger partial charge on any atom is 0.0465 e. The minimum Gasteiger partial charge on any atom is -0.271 e. The fourth-order valence-corrected chi connectivity index (χ4v) is 1.95. The van der Waals surface area contributed by atoms with Gasteiger partial charge in [-0.05, 0) is 29.9 Å². The largest absolute Gasteiger partial charge is 0.271 e. The average molecular weight is 206 g/mol. The second-order valence-electron chi connectivity index (χ2n) is 4.40. The van der Waals surface area contributed by atoms with E-state index in [0.717, 1.165) is 12.8 Å². The fourth-order valence-electron chi connectivity index (χ4n) is 1.95. The van der Waals surface area contributed by atoms with Crippen molar-refractivity contribution in [3.05, 3.63) is 35.4 Å². The fraction of sp³-hybridized carbons (Fsp3) is 0.538. The molecule has 84 valence electrons. The highest BCUT2D eigenvalue weighted by Crippen LogP contribution is 2.23. The molecule has 1 atom stereocenters. The Balaban J connectivity index is 2.90. The molecule has 0 aliphatic heterocycles. The second-order valence-corrected chi connectivity index (χ2v) is 4.40. The number of rotatable bonds is 5. The van der Waals surface area contributed by atoms with Crippen molar-refractivity contribution < 1.29 is 0 Å². The molecule has 3 N–H and O–H groups in total. The molecule has 2 nitrogen and oxygen atoms in total. The van der Waals surface area contributed by atoms with Gasteiger partial charge in [0.05, 0.1) is 0 Å². The van der Waals surface area contributed by atoms with E-state index in [2.05, 4.69) is 50.5 Å². The Kier molecular flexibility index (Phi) is 4.79. The van der Waals surface area contributed by atoms with Crippen LogP contribution in [0.5, 0.6) is 0 Å². The predicted octanol–water partition coefficient (Wildman–Crippen LogP) is 2.80. The Bertz CT molecular complexity index is 294. The molecular weight excluding hydrogens is 184 g/mol. The van der Waals surface area contributed by atoms with E-state index in [0.29, 0.717) is 5.92 Å². The standard InChI is InChI=1S/C13H22N2/c1-4-11-7-5-6-8-12(11)13(15-14)9-10(2)3/h5-8,10,13,15H,4,9,14H2,1-3H3. The van der Waals surface area contributed by atoms with Crippen LogP contribution in [-0.2, 0) is 6.42 Å². The van der Waals surface area contributed by atoms with Crippen molar-refractivity contribution in [3.8, 4) is 0 Å². The van der Waals surface area contributed by atoms with Gasteiger partial charge in [0.25, 0.3) is 0 Å². The molecule has 2 heteroatoms. The SMILES string of the molecule is CCc1ccccc1C(CC(C)C)NN. The first-order chi connectivity index (χ1) is 7.19. The van der Waals surface area contributed by atoms with Gasteiger partial charge in [-0.3, -0.25) is 11.3 Å². The molecule has 0 spiro atoms. The molecule has 0 aromatic heterocycles. The molecule has 0 bridgehead atoms. The molecule has 15 heavy (non-hydrogen) atoms. The summed E-state index contributed by atoms with van der Waals surface area (Å²) in [5.41, 5.74) is 5.66. The predicted molar refractivity (Wildman–Crippen MR) is 65.3 cm³/mol. The van der Waals surface area contributed by atoms with Crippen LogP contribution in [0.3, 0.4) is 0 Å². The van der Waals surface area contributed by atoms with Crippen molar-refractivity contribution in [1.82, 2.24) is 5.43 Å². The zero-order valence-corrected chi connectivity index (χ0v) is 9.96. The van der Waals surface area contributed by atoms with E-state index in [1.54, 1.807) is 0 Å². The first-order valence-electron chi connectivity index (χ1n) is 5.73. The maximum absolute atomic E-state index is 5.63. The van der Waals surface area contributed by atoms with Crippen molar-refractivity contribution >= 4 is 0 Å². The summed E-state index contributed by atoms with van der Waals surface area (Å²) in [4.78, 5) is 0. The van der Waals surface area contributed by atoms with Crippen LogP contribution in [0.15, 0.2) is 24.3 Å². The van der Waals surface area contributed by atoms with Crippen LogP contribution in [0, 0.1) is 5.92 Å². The van der Waals surface area contributed by atoms with Gasteiger partial charge >= 0.3 is 0 Å². The van der Waals surface area contributed by atoms with Crippen molar-refractivity contribution in [2.45, 2.75) is 39.7 Å². The minimum atomic E-state index is 0.279. The highest BCUT2D eigenvalue weighted by Gasteiger charge is 2.13. The van der Waals surface area contributed by atoms with Crippen LogP contribution in [0.25, 0.3) is 0 Å². The number of nitrogens with two attached hydrogens (primary N) is 1. The summed E-state index contributed by atoms with van der Waals surface area (Å²) in [7, 11) is 0. The van der Waals surface area contributed by atoms with E-state index in [1.165, 1.54) is 11.1 Å². The van der Waals surface area contributed by atoms with Crippen molar-refractivity contribution in [1.29, 1.82) is 0 Å². The van der Waals surface area contributed by atoms with Gasteiger partial charge in [0.1, 0.15) is 0 Å². The third-order valence-corrected chi connectivity index (χ3v) is 2.72. The zero-order chi connectivity index (χ0) is 11.3. The Morgan fingerprint density at radius 1 is 1.27 bits per heavy atom. The zero-order valence-electron chi connectivity index (χ0n) is 9.96. The highest BCUT2D eigenvalue weighted by molar-refractivity contribution is 5.29.